The van der Waals surface area contributed by atoms with Gasteiger partial charge in [0, 0.05) is 28.8 Å². The van der Waals surface area contributed by atoms with Crippen molar-refractivity contribution in [2.75, 3.05) is 13.4 Å². The number of benzene rings is 2. The van der Waals surface area contributed by atoms with Gasteiger partial charge in [0.2, 0.25) is 6.79 Å². The molecule has 0 amide bonds. The van der Waals surface area contributed by atoms with E-state index in [1.54, 1.807) is 0 Å². The minimum Gasteiger partial charge on any atom is -0.492 e. The van der Waals surface area contributed by atoms with E-state index in [1.165, 1.54) is 0 Å². The molecule has 0 saturated carbocycles. The van der Waals surface area contributed by atoms with E-state index in [1.807, 2.05) is 32.0 Å². The lowest BCUT2D eigenvalue weighted by molar-refractivity contribution is 0.134. The molecule has 0 saturated heterocycles. The van der Waals surface area contributed by atoms with Crippen LogP contribution in [0.5, 0.6) is 28.7 Å². The Morgan fingerprint density at radius 2 is 1.65 bits per heavy atom. The van der Waals surface area contributed by atoms with Gasteiger partial charge in [-0.1, -0.05) is 6.08 Å². The summed E-state index contributed by atoms with van der Waals surface area (Å²) in [6.45, 7) is 4.93. The molecule has 0 aliphatic carbocycles. The molecule has 26 heavy (non-hydrogen) atoms. The first-order valence-corrected chi connectivity index (χ1v) is 8.87. The fourth-order valence-corrected chi connectivity index (χ4v) is 4.12. The van der Waals surface area contributed by atoms with Gasteiger partial charge in [0.25, 0.3) is 0 Å². The summed E-state index contributed by atoms with van der Waals surface area (Å²) in [7, 11) is 0. The van der Waals surface area contributed by atoms with Gasteiger partial charge >= 0.3 is 0 Å². The van der Waals surface area contributed by atoms with Crippen molar-refractivity contribution in [3.63, 3.8) is 0 Å². The van der Waals surface area contributed by atoms with Crippen molar-refractivity contribution < 1.29 is 23.7 Å². The molecule has 2 atom stereocenters. The fraction of sp³-hybridized carbons (Fsp3) is 0.333. The molecule has 0 unspecified atom stereocenters. The zero-order valence-electron chi connectivity index (χ0n) is 14.6. The monoisotopic (exact) mass is 350 g/mol. The fourth-order valence-electron chi connectivity index (χ4n) is 4.12. The summed E-state index contributed by atoms with van der Waals surface area (Å²) >= 11 is 0. The largest absolute Gasteiger partial charge is 0.492 e. The van der Waals surface area contributed by atoms with Crippen LogP contribution in [0, 0.1) is 0 Å². The van der Waals surface area contributed by atoms with Crippen LogP contribution in [0.25, 0.3) is 6.08 Å². The maximum atomic E-state index is 6.31. The summed E-state index contributed by atoms with van der Waals surface area (Å²) in [5.41, 5.74) is 2.93. The van der Waals surface area contributed by atoms with Crippen LogP contribution in [0.2, 0.25) is 0 Å². The molecule has 6 rings (SSSR count). The molecule has 4 heterocycles. The number of hydrogen-bond acceptors (Lipinski definition) is 5. The topological polar surface area (TPSA) is 46.2 Å². The molecule has 4 aliphatic rings. The van der Waals surface area contributed by atoms with E-state index in [2.05, 4.69) is 18.2 Å². The lowest BCUT2D eigenvalue weighted by Gasteiger charge is -2.32. The molecule has 0 fully saturated rings. The molecule has 132 valence electrons. The van der Waals surface area contributed by atoms with E-state index in [0.29, 0.717) is 6.61 Å². The van der Waals surface area contributed by atoms with Crippen molar-refractivity contribution in [2.45, 2.75) is 31.5 Å². The predicted octanol–water partition coefficient (Wildman–Crippen LogP) is 4.21. The van der Waals surface area contributed by atoms with Gasteiger partial charge in [0.05, 0.1) is 12.5 Å². The van der Waals surface area contributed by atoms with Gasteiger partial charge in [-0.25, -0.2) is 0 Å². The number of fused-ring (bicyclic) bond motifs is 7. The SMILES string of the molecule is CC1(C)C=Cc2cc3c(cc2O1)OC[C@H]1c2cc4c(cc2O[C@@H]31)OCO4. The average molecular weight is 350 g/mol. The number of ether oxygens (including phenoxy) is 5. The van der Waals surface area contributed by atoms with Crippen molar-refractivity contribution in [3.05, 3.63) is 47.0 Å². The van der Waals surface area contributed by atoms with E-state index in [9.17, 15) is 0 Å². The maximum absolute atomic E-state index is 6.31. The van der Waals surface area contributed by atoms with E-state index >= 15 is 0 Å². The van der Waals surface area contributed by atoms with Gasteiger partial charge in [-0.3, -0.25) is 0 Å². The maximum Gasteiger partial charge on any atom is 0.231 e. The molecule has 5 nitrogen and oxygen atoms in total. The van der Waals surface area contributed by atoms with Gasteiger partial charge in [0.1, 0.15) is 29.0 Å². The van der Waals surface area contributed by atoms with Crippen LogP contribution in [-0.2, 0) is 0 Å². The Bertz CT molecular complexity index is 975. The Morgan fingerprint density at radius 1 is 0.846 bits per heavy atom. The van der Waals surface area contributed by atoms with Gasteiger partial charge in [-0.2, -0.15) is 0 Å². The minimum atomic E-state index is -0.306. The molecular weight excluding hydrogens is 332 g/mol. The molecule has 2 aromatic carbocycles. The summed E-state index contributed by atoms with van der Waals surface area (Å²) in [4.78, 5) is 0. The second-order valence-corrected chi connectivity index (χ2v) is 7.67. The molecule has 2 aromatic rings. The van der Waals surface area contributed by atoms with E-state index in [4.69, 9.17) is 23.7 Å². The third-order valence-electron chi connectivity index (χ3n) is 5.43. The summed E-state index contributed by atoms with van der Waals surface area (Å²) in [6.07, 6.45) is 4.12. The lowest BCUT2D eigenvalue weighted by Crippen LogP contribution is -2.28. The second kappa shape index (κ2) is 4.67. The van der Waals surface area contributed by atoms with Crippen molar-refractivity contribution in [1.29, 1.82) is 0 Å². The average Bonchev–Trinajstić information content (AvgIpc) is 3.20. The normalized spacial score (nSPS) is 25.2. The number of hydrogen-bond donors (Lipinski definition) is 0. The van der Waals surface area contributed by atoms with Crippen molar-refractivity contribution in [3.8, 4) is 28.7 Å². The lowest BCUT2D eigenvalue weighted by atomic mass is 9.88. The highest BCUT2D eigenvalue weighted by molar-refractivity contribution is 5.66. The Hall–Kier alpha value is -2.82. The Labute approximate surface area is 151 Å². The zero-order chi connectivity index (χ0) is 17.5. The number of rotatable bonds is 0. The first kappa shape index (κ1) is 14.4. The van der Waals surface area contributed by atoms with Crippen molar-refractivity contribution in [1.82, 2.24) is 0 Å². The van der Waals surface area contributed by atoms with Crippen LogP contribution in [0.15, 0.2) is 30.3 Å². The van der Waals surface area contributed by atoms with Gasteiger partial charge in [-0.05, 0) is 32.1 Å². The van der Waals surface area contributed by atoms with Crippen LogP contribution in [-0.4, -0.2) is 19.0 Å². The smallest absolute Gasteiger partial charge is 0.231 e. The summed E-state index contributed by atoms with van der Waals surface area (Å²) < 4.78 is 29.5. The summed E-state index contributed by atoms with van der Waals surface area (Å²) in [5, 5.41) is 0. The molecule has 5 heteroatoms. The molecule has 0 N–H and O–H groups in total. The van der Waals surface area contributed by atoms with Crippen LogP contribution < -0.4 is 23.7 Å². The Kier molecular flexibility index (Phi) is 2.58. The van der Waals surface area contributed by atoms with Crippen molar-refractivity contribution in [2.24, 2.45) is 0 Å². The van der Waals surface area contributed by atoms with Gasteiger partial charge < -0.3 is 23.7 Å². The summed E-state index contributed by atoms with van der Waals surface area (Å²) in [6, 6.07) is 8.07. The minimum absolute atomic E-state index is 0.0649. The van der Waals surface area contributed by atoms with Crippen LogP contribution >= 0.6 is 0 Å². The van der Waals surface area contributed by atoms with E-state index in [-0.39, 0.29) is 24.4 Å². The third kappa shape index (κ3) is 1.91. The highest BCUT2D eigenvalue weighted by Crippen LogP contribution is 2.55. The van der Waals surface area contributed by atoms with Gasteiger partial charge in [0.15, 0.2) is 11.5 Å². The second-order valence-electron chi connectivity index (χ2n) is 7.67. The van der Waals surface area contributed by atoms with E-state index in [0.717, 1.165) is 45.4 Å². The summed E-state index contributed by atoms with van der Waals surface area (Å²) in [5.74, 6) is 4.21. The van der Waals surface area contributed by atoms with Crippen LogP contribution in [0.3, 0.4) is 0 Å². The molecule has 0 bridgehead atoms. The van der Waals surface area contributed by atoms with Crippen LogP contribution in [0.4, 0.5) is 0 Å². The zero-order valence-corrected chi connectivity index (χ0v) is 14.6. The Morgan fingerprint density at radius 3 is 2.54 bits per heavy atom. The highest BCUT2D eigenvalue weighted by Gasteiger charge is 2.42. The van der Waals surface area contributed by atoms with Crippen LogP contribution in [0.1, 0.15) is 42.6 Å². The molecule has 0 spiro atoms. The first-order valence-electron chi connectivity index (χ1n) is 8.87. The van der Waals surface area contributed by atoms with Gasteiger partial charge in [-0.15, -0.1) is 0 Å². The molecule has 0 aromatic heterocycles. The highest BCUT2D eigenvalue weighted by atomic mass is 16.7. The molecule has 4 aliphatic heterocycles. The molecular formula is C21H18O5. The van der Waals surface area contributed by atoms with Crippen molar-refractivity contribution >= 4 is 6.08 Å². The quantitative estimate of drug-likeness (QED) is 0.712. The standard InChI is InChI=1S/C21H18O5/c1-21(2)4-3-11-5-13-16(7-15(11)26-21)22-9-14-12-6-18-19(24-10-23-18)8-17(12)25-20(13)14/h3-8,14,20H,9-10H2,1-2H3/t14-,20-/m0/s1. The first-order chi connectivity index (χ1) is 12.6. The predicted molar refractivity (Wildman–Crippen MR) is 94.4 cm³/mol. The third-order valence-corrected chi connectivity index (χ3v) is 5.43. The van der Waals surface area contributed by atoms with E-state index < -0.39 is 0 Å². The Balaban J connectivity index is 1.43. The molecule has 0 radical (unpaired) electrons.